The van der Waals surface area contributed by atoms with E-state index in [1.807, 2.05) is 0 Å². The topological polar surface area (TPSA) is 105 Å². The maximum absolute atomic E-state index is 12.5. The highest BCUT2D eigenvalue weighted by Crippen LogP contribution is 2.24. The lowest BCUT2D eigenvalue weighted by molar-refractivity contribution is -0.157. The van der Waals surface area contributed by atoms with Crippen LogP contribution in [0.2, 0.25) is 0 Å². The van der Waals surface area contributed by atoms with Crippen LogP contribution in [0.25, 0.3) is 0 Å². The number of rotatable bonds is 7. The lowest BCUT2D eigenvalue weighted by Crippen LogP contribution is -2.46. The van der Waals surface area contributed by atoms with Gasteiger partial charge in [-0.15, -0.1) is 0 Å². The molecule has 1 aliphatic carbocycles. The van der Waals surface area contributed by atoms with Crippen molar-refractivity contribution in [3.8, 4) is 0 Å². The maximum atomic E-state index is 12.5. The Bertz CT molecular complexity index is 567. The molecule has 0 aromatic rings. The van der Waals surface area contributed by atoms with Crippen LogP contribution in [0.1, 0.15) is 65.7 Å². The van der Waals surface area contributed by atoms with E-state index < -0.39 is 36.1 Å². The number of nitrogens with one attached hydrogen (secondary N) is 2. The highest BCUT2D eigenvalue weighted by atomic mass is 16.5. The van der Waals surface area contributed by atoms with Gasteiger partial charge in [0.05, 0.1) is 0 Å². The Morgan fingerprint density at radius 3 is 2.38 bits per heavy atom. The van der Waals surface area contributed by atoms with Crippen molar-refractivity contribution in [2.75, 3.05) is 6.54 Å². The molecule has 1 atom stereocenters. The van der Waals surface area contributed by atoms with E-state index >= 15 is 0 Å². The van der Waals surface area contributed by atoms with Crippen molar-refractivity contribution in [3.05, 3.63) is 0 Å². The molecule has 2 rings (SSSR count). The molecule has 0 unspecified atom stereocenters. The van der Waals surface area contributed by atoms with Gasteiger partial charge in [0.1, 0.15) is 12.1 Å². The van der Waals surface area contributed by atoms with Crippen molar-refractivity contribution in [1.29, 1.82) is 0 Å². The highest BCUT2D eigenvalue weighted by molar-refractivity contribution is 6.08. The fourth-order valence-corrected chi connectivity index (χ4v) is 3.53. The van der Waals surface area contributed by atoms with Crippen LogP contribution in [0.3, 0.4) is 0 Å². The molecule has 0 aromatic carbocycles. The molecular formula is C18H29N3O5. The Kier molecular flexibility index (Phi) is 6.61. The fourth-order valence-electron chi connectivity index (χ4n) is 3.53. The average Bonchev–Trinajstić information content (AvgIpc) is 2.87. The summed E-state index contributed by atoms with van der Waals surface area (Å²) in [4.78, 5) is 49.6. The van der Waals surface area contributed by atoms with Gasteiger partial charge in [0.25, 0.3) is 11.8 Å². The molecule has 2 N–H and O–H groups in total. The number of ether oxygens (including phenoxy) is 1. The first-order valence-corrected chi connectivity index (χ1v) is 9.47. The second kappa shape index (κ2) is 8.51. The van der Waals surface area contributed by atoms with E-state index in [-0.39, 0.29) is 11.9 Å². The van der Waals surface area contributed by atoms with Gasteiger partial charge in [-0.25, -0.2) is 4.79 Å². The standard InChI is InChI=1S/C18H29N3O5/c1-4-18(5-2)16(24)21(17(25)20-18)11-14(22)26-12(3)15(23)19-13-9-7-6-8-10-13/h12-13H,4-11H2,1-3H3,(H,19,23)(H,20,25)/t12-/m1/s1. The van der Waals surface area contributed by atoms with Gasteiger partial charge in [0.2, 0.25) is 0 Å². The Hall–Kier alpha value is -2.12. The molecule has 0 radical (unpaired) electrons. The lowest BCUT2D eigenvalue weighted by atomic mass is 9.93. The van der Waals surface area contributed by atoms with Crippen LogP contribution >= 0.6 is 0 Å². The van der Waals surface area contributed by atoms with Crippen LogP contribution < -0.4 is 10.6 Å². The molecule has 1 aliphatic heterocycles. The van der Waals surface area contributed by atoms with Gasteiger partial charge in [-0.2, -0.15) is 0 Å². The predicted molar refractivity (Wildman–Crippen MR) is 94.1 cm³/mol. The van der Waals surface area contributed by atoms with Crippen LogP contribution in [-0.2, 0) is 19.1 Å². The molecule has 1 heterocycles. The van der Waals surface area contributed by atoms with E-state index in [0.29, 0.717) is 12.8 Å². The van der Waals surface area contributed by atoms with Crippen molar-refractivity contribution >= 4 is 23.8 Å². The second-order valence-corrected chi connectivity index (χ2v) is 7.09. The van der Waals surface area contributed by atoms with Crippen molar-refractivity contribution in [3.63, 3.8) is 0 Å². The first-order valence-electron chi connectivity index (χ1n) is 9.47. The zero-order valence-corrected chi connectivity index (χ0v) is 15.8. The van der Waals surface area contributed by atoms with Gasteiger partial charge in [0.15, 0.2) is 6.10 Å². The highest BCUT2D eigenvalue weighted by Gasteiger charge is 2.49. The number of hydrogen-bond donors (Lipinski definition) is 2. The monoisotopic (exact) mass is 367 g/mol. The Labute approximate surface area is 154 Å². The molecule has 0 aromatic heterocycles. The van der Waals surface area contributed by atoms with Gasteiger partial charge in [-0.05, 0) is 32.6 Å². The maximum Gasteiger partial charge on any atom is 0.327 e. The smallest absolute Gasteiger partial charge is 0.327 e. The van der Waals surface area contributed by atoms with Gasteiger partial charge in [0, 0.05) is 6.04 Å². The van der Waals surface area contributed by atoms with E-state index in [0.717, 1.165) is 30.6 Å². The Morgan fingerprint density at radius 2 is 1.85 bits per heavy atom. The average molecular weight is 367 g/mol. The second-order valence-electron chi connectivity index (χ2n) is 7.09. The number of imide groups is 1. The minimum atomic E-state index is -0.965. The molecule has 1 saturated heterocycles. The van der Waals surface area contributed by atoms with Crippen LogP contribution in [-0.4, -0.2) is 52.9 Å². The third-order valence-corrected chi connectivity index (χ3v) is 5.37. The third kappa shape index (κ3) is 4.34. The van der Waals surface area contributed by atoms with E-state index in [9.17, 15) is 19.2 Å². The summed E-state index contributed by atoms with van der Waals surface area (Å²) in [6, 6.07) is -0.479. The quantitative estimate of drug-likeness (QED) is 0.524. The number of urea groups is 1. The molecule has 2 fully saturated rings. The van der Waals surface area contributed by atoms with Crippen molar-refractivity contribution in [1.82, 2.24) is 15.5 Å². The summed E-state index contributed by atoms with van der Waals surface area (Å²) in [6.07, 6.45) is 5.14. The summed E-state index contributed by atoms with van der Waals surface area (Å²) in [5, 5.41) is 5.54. The normalized spacial score (nSPS) is 21.3. The van der Waals surface area contributed by atoms with Crippen molar-refractivity contribution in [2.45, 2.75) is 83.4 Å². The van der Waals surface area contributed by atoms with Gasteiger partial charge in [-0.3, -0.25) is 19.3 Å². The minimum absolute atomic E-state index is 0.123. The van der Waals surface area contributed by atoms with E-state index in [2.05, 4.69) is 10.6 Å². The zero-order valence-electron chi connectivity index (χ0n) is 15.8. The fraction of sp³-hybridized carbons (Fsp3) is 0.778. The summed E-state index contributed by atoms with van der Waals surface area (Å²) in [6.45, 7) is 4.61. The number of nitrogens with zero attached hydrogens (tertiary/aromatic N) is 1. The predicted octanol–water partition coefficient (Wildman–Crippen LogP) is 1.48. The van der Waals surface area contributed by atoms with E-state index in [1.165, 1.54) is 13.3 Å². The molecular weight excluding hydrogens is 338 g/mol. The number of amides is 4. The third-order valence-electron chi connectivity index (χ3n) is 5.37. The first kappa shape index (κ1) is 20.2. The lowest BCUT2D eigenvalue weighted by Gasteiger charge is -2.25. The minimum Gasteiger partial charge on any atom is -0.451 e. The van der Waals surface area contributed by atoms with Crippen LogP contribution in [0.15, 0.2) is 0 Å². The summed E-state index contributed by atoms with van der Waals surface area (Å²) < 4.78 is 5.12. The molecule has 0 spiro atoms. The zero-order chi connectivity index (χ0) is 19.3. The molecule has 1 saturated carbocycles. The van der Waals surface area contributed by atoms with Crippen LogP contribution in [0, 0.1) is 0 Å². The molecule has 0 bridgehead atoms. The molecule has 8 heteroatoms. The summed E-state index contributed by atoms with van der Waals surface area (Å²) in [5.74, 6) is -1.55. The number of esters is 1. The van der Waals surface area contributed by atoms with Crippen molar-refractivity contribution in [2.24, 2.45) is 0 Å². The summed E-state index contributed by atoms with van der Waals surface area (Å²) in [7, 11) is 0. The SMILES string of the molecule is CCC1(CC)NC(=O)N(CC(=O)O[C@H](C)C(=O)NC2CCCCC2)C1=O. The Balaban J connectivity index is 1.86. The van der Waals surface area contributed by atoms with E-state index in [4.69, 9.17) is 4.74 Å². The molecule has 26 heavy (non-hydrogen) atoms. The Morgan fingerprint density at radius 1 is 1.23 bits per heavy atom. The van der Waals surface area contributed by atoms with Crippen molar-refractivity contribution < 1.29 is 23.9 Å². The molecule has 146 valence electrons. The molecule has 4 amide bonds. The first-order chi connectivity index (χ1) is 12.3. The number of hydrogen-bond acceptors (Lipinski definition) is 5. The molecule has 2 aliphatic rings. The van der Waals surface area contributed by atoms with E-state index in [1.54, 1.807) is 13.8 Å². The van der Waals surface area contributed by atoms with Gasteiger partial charge < -0.3 is 15.4 Å². The van der Waals surface area contributed by atoms with Gasteiger partial charge >= 0.3 is 12.0 Å². The summed E-state index contributed by atoms with van der Waals surface area (Å²) >= 11 is 0. The largest absolute Gasteiger partial charge is 0.451 e. The summed E-state index contributed by atoms with van der Waals surface area (Å²) in [5.41, 5.74) is -0.957. The van der Waals surface area contributed by atoms with Gasteiger partial charge in [-0.1, -0.05) is 33.1 Å². The number of carbonyl (C=O) groups is 4. The molecule has 8 nitrogen and oxygen atoms in total. The van der Waals surface area contributed by atoms with Crippen LogP contribution in [0.4, 0.5) is 4.79 Å². The van der Waals surface area contributed by atoms with Crippen LogP contribution in [0.5, 0.6) is 0 Å². The number of carbonyl (C=O) groups excluding carboxylic acids is 4.